The number of nitrogens with zero attached hydrogens (tertiary/aromatic N) is 6. The van der Waals surface area contributed by atoms with E-state index in [0.29, 0.717) is 40.9 Å². The minimum Gasteiger partial charge on any atom is -0.488 e. The second-order valence-corrected chi connectivity index (χ2v) is 10.7. The number of amides is 1. The Bertz CT molecular complexity index is 1290. The summed E-state index contributed by atoms with van der Waals surface area (Å²) in [5.41, 5.74) is 3.53. The summed E-state index contributed by atoms with van der Waals surface area (Å²) in [6.07, 6.45) is 13.4. The van der Waals surface area contributed by atoms with Crippen LogP contribution in [0.1, 0.15) is 66.2 Å². The van der Waals surface area contributed by atoms with Crippen LogP contribution in [0.15, 0.2) is 30.9 Å². The van der Waals surface area contributed by atoms with Crippen molar-refractivity contribution >= 4 is 5.91 Å². The van der Waals surface area contributed by atoms with Crippen LogP contribution in [-0.4, -0.2) is 61.5 Å². The van der Waals surface area contributed by atoms with E-state index in [1.165, 1.54) is 31.9 Å². The van der Waals surface area contributed by atoms with Crippen molar-refractivity contribution in [2.24, 2.45) is 5.41 Å². The van der Waals surface area contributed by atoms with E-state index in [2.05, 4.69) is 30.6 Å². The predicted octanol–water partition coefficient (Wildman–Crippen LogP) is 2.63. The van der Waals surface area contributed by atoms with Gasteiger partial charge in [-0.1, -0.05) is 5.21 Å². The zero-order chi connectivity index (χ0) is 24.8. The normalized spacial score (nSPS) is 20.6. The fraction of sp³-hybridized carbons (Fsp3) is 0.538. The lowest BCUT2D eigenvalue weighted by molar-refractivity contribution is -0.213. The largest absolute Gasteiger partial charge is 0.488 e. The first-order valence-corrected chi connectivity index (χ1v) is 13.0. The van der Waals surface area contributed by atoms with Gasteiger partial charge in [0, 0.05) is 23.7 Å². The van der Waals surface area contributed by atoms with Crippen molar-refractivity contribution in [2.45, 2.75) is 69.9 Å². The van der Waals surface area contributed by atoms with E-state index in [4.69, 9.17) is 14.2 Å². The number of pyridine rings is 1. The topological polar surface area (TPSA) is 126 Å². The molecule has 3 aliphatic carbocycles. The van der Waals surface area contributed by atoms with Crippen LogP contribution in [0.4, 0.5) is 0 Å². The third kappa shape index (κ3) is 5.19. The van der Waals surface area contributed by atoms with Crippen LogP contribution >= 0.6 is 0 Å². The van der Waals surface area contributed by atoms with E-state index >= 15 is 0 Å². The number of ether oxygens (including phenoxy) is 3. The second-order valence-electron chi connectivity index (χ2n) is 10.7. The molecule has 192 valence electrons. The lowest BCUT2D eigenvalue weighted by Gasteiger charge is -2.29. The number of carbonyl (C=O) groups excluding carboxylic acids is 1. The summed E-state index contributed by atoms with van der Waals surface area (Å²) < 4.78 is 19.5. The molecule has 4 fully saturated rings. The van der Waals surface area contributed by atoms with Crippen molar-refractivity contribution in [1.82, 2.24) is 35.3 Å². The highest BCUT2D eigenvalue weighted by Gasteiger charge is 2.47. The Morgan fingerprint density at radius 3 is 2.62 bits per heavy atom. The Labute approximate surface area is 214 Å². The van der Waals surface area contributed by atoms with Gasteiger partial charge in [0.2, 0.25) is 0 Å². The van der Waals surface area contributed by atoms with Gasteiger partial charge in [0.1, 0.15) is 17.1 Å². The van der Waals surface area contributed by atoms with E-state index in [0.717, 1.165) is 31.7 Å². The van der Waals surface area contributed by atoms with Crippen molar-refractivity contribution in [3.05, 3.63) is 47.8 Å². The lowest BCUT2D eigenvalue weighted by atomic mass is 10.1. The van der Waals surface area contributed by atoms with Crippen molar-refractivity contribution < 1.29 is 19.0 Å². The Hall–Kier alpha value is -3.44. The van der Waals surface area contributed by atoms with Crippen LogP contribution in [0.3, 0.4) is 0 Å². The Balaban J connectivity index is 1.02. The van der Waals surface area contributed by atoms with Crippen LogP contribution in [0.2, 0.25) is 0 Å². The molecule has 0 radical (unpaired) electrons. The first-order chi connectivity index (χ1) is 18.1. The molecule has 4 aliphatic rings. The highest BCUT2D eigenvalue weighted by molar-refractivity contribution is 5.94. The fourth-order valence-corrected chi connectivity index (χ4v) is 4.38. The first kappa shape index (κ1) is 22.7. The van der Waals surface area contributed by atoms with Gasteiger partial charge >= 0.3 is 0 Å². The van der Waals surface area contributed by atoms with Gasteiger partial charge in [0.05, 0.1) is 61.8 Å². The number of nitrogens with one attached hydrogen (secondary N) is 1. The van der Waals surface area contributed by atoms with E-state index in [1.54, 1.807) is 29.3 Å². The SMILES string of the molecule is O=C(NCc1cnc(C2CC2)cn1)c1cnc(-c2cn(CC3OCC4(CC4)CO3)nn2)c(OC2CC2)c1. The molecule has 1 N–H and O–H groups in total. The molecule has 0 unspecified atom stereocenters. The molecular formula is C26H29N7O4. The molecule has 4 heterocycles. The molecule has 0 atom stereocenters. The summed E-state index contributed by atoms with van der Waals surface area (Å²) in [6, 6.07) is 1.72. The molecule has 11 heteroatoms. The van der Waals surface area contributed by atoms with Crippen LogP contribution < -0.4 is 10.1 Å². The van der Waals surface area contributed by atoms with Gasteiger partial charge in [0.15, 0.2) is 6.29 Å². The third-order valence-electron chi connectivity index (χ3n) is 7.31. The summed E-state index contributed by atoms with van der Waals surface area (Å²) >= 11 is 0. The van der Waals surface area contributed by atoms with Crippen LogP contribution in [0.25, 0.3) is 11.4 Å². The minimum atomic E-state index is -0.336. The van der Waals surface area contributed by atoms with Crippen molar-refractivity contribution in [3.63, 3.8) is 0 Å². The van der Waals surface area contributed by atoms with Gasteiger partial charge < -0.3 is 19.5 Å². The zero-order valence-electron chi connectivity index (χ0n) is 20.5. The maximum absolute atomic E-state index is 12.9. The van der Waals surface area contributed by atoms with Gasteiger partial charge in [-0.25, -0.2) is 9.67 Å². The average Bonchev–Trinajstić information content (AvgIpc) is 3.82. The maximum atomic E-state index is 12.9. The number of hydrogen-bond acceptors (Lipinski definition) is 9. The van der Waals surface area contributed by atoms with Gasteiger partial charge in [-0.15, -0.1) is 5.10 Å². The second kappa shape index (κ2) is 9.14. The smallest absolute Gasteiger partial charge is 0.253 e. The van der Waals surface area contributed by atoms with Gasteiger partial charge in [-0.3, -0.25) is 14.8 Å². The monoisotopic (exact) mass is 503 g/mol. The van der Waals surface area contributed by atoms with Gasteiger partial charge in [-0.2, -0.15) is 0 Å². The quantitative estimate of drug-likeness (QED) is 0.469. The van der Waals surface area contributed by atoms with Crippen molar-refractivity contribution in [3.8, 4) is 17.1 Å². The number of rotatable bonds is 9. The minimum absolute atomic E-state index is 0.132. The highest BCUT2D eigenvalue weighted by atomic mass is 16.7. The van der Waals surface area contributed by atoms with E-state index in [1.807, 2.05) is 0 Å². The standard InChI is InChI=1S/C26H29N7O4/c34-25(30-10-18-9-28-20(11-27-18)16-1-2-16)17-7-22(37-19-3-4-19)24(29-8-17)21-12-33(32-31-21)13-23-35-14-26(5-6-26)15-36-23/h7-9,11-12,16,19,23H,1-6,10,13-15H2,(H,30,34). The van der Waals surface area contributed by atoms with Crippen LogP contribution in [0.5, 0.6) is 5.75 Å². The Kier molecular flexibility index (Phi) is 5.62. The maximum Gasteiger partial charge on any atom is 0.253 e. The van der Waals surface area contributed by atoms with Gasteiger partial charge in [-0.05, 0) is 44.6 Å². The number of hydrogen-bond donors (Lipinski definition) is 1. The molecule has 7 rings (SSSR count). The van der Waals surface area contributed by atoms with Crippen molar-refractivity contribution in [1.29, 1.82) is 0 Å². The summed E-state index contributed by atoms with van der Waals surface area (Å²) in [4.78, 5) is 26.3. The molecule has 1 amide bonds. The molecule has 1 spiro atoms. The molecule has 3 aromatic rings. The molecule has 1 saturated heterocycles. The Morgan fingerprint density at radius 1 is 1.08 bits per heavy atom. The van der Waals surface area contributed by atoms with Crippen LogP contribution in [0, 0.1) is 5.41 Å². The van der Waals surface area contributed by atoms with E-state index in [9.17, 15) is 4.79 Å². The number of aromatic nitrogens is 6. The molecule has 11 nitrogen and oxygen atoms in total. The van der Waals surface area contributed by atoms with Crippen LogP contribution in [-0.2, 0) is 22.6 Å². The lowest BCUT2D eigenvalue weighted by Crippen LogP contribution is -2.36. The summed E-state index contributed by atoms with van der Waals surface area (Å²) in [7, 11) is 0. The summed E-state index contributed by atoms with van der Waals surface area (Å²) in [5, 5.41) is 11.4. The third-order valence-corrected chi connectivity index (χ3v) is 7.31. The highest BCUT2D eigenvalue weighted by Crippen LogP contribution is 2.48. The number of carbonyl (C=O) groups is 1. The molecule has 3 saturated carbocycles. The average molecular weight is 504 g/mol. The Morgan fingerprint density at radius 2 is 1.92 bits per heavy atom. The van der Waals surface area contributed by atoms with E-state index < -0.39 is 0 Å². The van der Waals surface area contributed by atoms with E-state index in [-0.39, 0.29) is 30.3 Å². The summed E-state index contributed by atoms with van der Waals surface area (Å²) in [5.74, 6) is 0.823. The predicted molar refractivity (Wildman–Crippen MR) is 129 cm³/mol. The van der Waals surface area contributed by atoms with Crippen molar-refractivity contribution in [2.75, 3.05) is 13.2 Å². The summed E-state index contributed by atoms with van der Waals surface area (Å²) in [6.45, 7) is 2.22. The first-order valence-electron chi connectivity index (χ1n) is 13.0. The van der Waals surface area contributed by atoms with Gasteiger partial charge in [0.25, 0.3) is 5.91 Å². The fourth-order valence-electron chi connectivity index (χ4n) is 4.38. The molecule has 37 heavy (non-hydrogen) atoms. The molecule has 0 bridgehead atoms. The molecule has 1 aliphatic heterocycles. The zero-order valence-corrected chi connectivity index (χ0v) is 20.5. The molecule has 0 aromatic carbocycles. The molecular weight excluding hydrogens is 474 g/mol. The molecule has 3 aromatic heterocycles.